The van der Waals surface area contributed by atoms with Gasteiger partial charge in [-0.15, -0.1) is 11.3 Å². The first kappa shape index (κ1) is 13.6. The molecule has 1 aromatic rings. The smallest absolute Gasteiger partial charge is 0.0882 e. The van der Waals surface area contributed by atoms with Crippen molar-refractivity contribution in [2.24, 2.45) is 0 Å². The lowest BCUT2D eigenvalue weighted by molar-refractivity contribution is 0.581. The van der Waals surface area contributed by atoms with Crippen molar-refractivity contribution in [3.05, 3.63) is 17.5 Å². The van der Waals surface area contributed by atoms with Crippen molar-refractivity contribution < 1.29 is 0 Å². The molecule has 1 heterocycles. The normalized spacial score (nSPS) is 10.6. The molecule has 1 rings (SSSR count). The second kappa shape index (κ2) is 9.71. The third-order valence-corrected chi connectivity index (χ3v) is 3.68. The molecule has 0 aliphatic heterocycles. The largest absolute Gasteiger partial charge is 0.377 e. The van der Waals surface area contributed by atoms with Gasteiger partial charge in [0.1, 0.15) is 0 Å². The lowest BCUT2D eigenvalue weighted by Gasteiger charge is -2.03. The third kappa shape index (κ3) is 6.89. The second-order valence-electron chi connectivity index (χ2n) is 4.38. The molecule has 16 heavy (non-hydrogen) atoms. The molecule has 0 saturated heterocycles. The van der Waals surface area contributed by atoms with E-state index >= 15 is 0 Å². The quantitative estimate of drug-likeness (QED) is 0.546. The van der Waals surface area contributed by atoms with Crippen molar-refractivity contribution in [2.75, 3.05) is 11.9 Å². The molecule has 0 fully saturated rings. The van der Waals surface area contributed by atoms with Crippen LogP contribution in [0.5, 0.6) is 0 Å². The molecule has 2 heteroatoms. The van der Waals surface area contributed by atoms with E-state index in [1.165, 1.54) is 56.4 Å². The molecule has 0 unspecified atom stereocenters. The standard InChI is InChI=1S/C14H25NS/c1-2-3-4-5-6-7-8-9-12-15-14-11-10-13-16-14/h10-11,13,15H,2-9,12H2,1H3. The van der Waals surface area contributed by atoms with Crippen molar-refractivity contribution in [2.45, 2.75) is 58.3 Å². The van der Waals surface area contributed by atoms with E-state index in [2.05, 4.69) is 29.8 Å². The first-order valence-electron chi connectivity index (χ1n) is 6.71. The summed E-state index contributed by atoms with van der Waals surface area (Å²) in [5, 5.41) is 6.88. The van der Waals surface area contributed by atoms with Crippen LogP contribution in [0.1, 0.15) is 58.3 Å². The highest BCUT2D eigenvalue weighted by molar-refractivity contribution is 7.14. The molecule has 1 nitrogen and oxygen atoms in total. The van der Waals surface area contributed by atoms with Crippen molar-refractivity contribution in [1.82, 2.24) is 0 Å². The van der Waals surface area contributed by atoms with Gasteiger partial charge < -0.3 is 5.32 Å². The van der Waals surface area contributed by atoms with Gasteiger partial charge in [0.05, 0.1) is 5.00 Å². The molecular formula is C14H25NS. The molecule has 0 aromatic carbocycles. The van der Waals surface area contributed by atoms with Crippen LogP contribution in [0.2, 0.25) is 0 Å². The Morgan fingerprint density at radius 1 is 1.00 bits per heavy atom. The van der Waals surface area contributed by atoms with Crippen LogP contribution >= 0.6 is 11.3 Å². The Hall–Kier alpha value is -0.500. The third-order valence-electron chi connectivity index (χ3n) is 2.85. The second-order valence-corrected chi connectivity index (χ2v) is 5.33. The van der Waals surface area contributed by atoms with E-state index in [1.54, 1.807) is 11.3 Å². The fraction of sp³-hybridized carbons (Fsp3) is 0.714. The molecular weight excluding hydrogens is 214 g/mol. The van der Waals surface area contributed by atoms with E-state index in [0.29, 0.717) is 0 Å². The van der Waals surface area contributed by atoms with Crippen LogP contribution in [-0.4, -0.2) is 6.54 Å². The summed E-state index contributed by atoms with van der Waals surface area (Å²) in [6, 6.07) is 4.25. The maximum atomic E-state index is 3.45. The fourth-order valence-electron chi connectivity index (χ4n) is 1.85. The topological polar surface area (TPSA) is 12.0 Å². The Morgan fingerprint density at radius 3 is 2.31 bits per heavy atom. The highest BCUT2D eigenvalue weighted by atomic mass is 32.1. The summed E-state index contributed by atoms with van der Waals surface area (Å²) in [7, 11) is 0. The summed E-state index contributed by atoms with van der Waals surface area (Å²) in [5.41, 5.74) is 0. The van der Waals surface area contributed by atoms with E-state index in [1.807, 2.05) is 0 Å². The molecule has 1 aromatic heterocycles. The van der Waals surface area contributed by atoms with Crippen molar-refractivity contribution >= 4 is 16.3 Å². The molecule has 0 aliphatic rings. The Balaban J connectivity index is 1.78. The van der Waals surface area contributed by atoms with E-state index in [0.717, 1.165) is 6.54 Å². The predicted molar refractivity (Wildman–Crippen MR) is 75.4 cm³/mol. The maximum Gasteiger partial charge on any atom is 0.0882 e. The van der Waals surface area contributed by atoms with Gasteiger partial charge in [0, 0.05) is 6.54 Å². The monoisotopic (exact) mass is 239 g/mol. The summed E-state index contributed by atoms with van der Waals surface area (Å²) in [5.74, 6) is 0. The minimum atomic E-state index is 1.13. The summed E-state index contributed by atoms with van der Waals surface area (Å²) >= 11 is 1.79. The zero-order valence-electron chi connectivity index (χ0n) is 10.5. The summed E-state index contributed by atoms with van der Waals surface area (Å²) in [4.78, 5) is 0. The Morgan fingerprint density at radius 2 is 1.69 bits per heavy atom. The first-order chi connectivity index (χ1) is 7.93. The molecule has 0 saturated carbocycles. The summed E-state index contributed by atoms with van der Waals surface area (Å²) in [6.45, 7) is 3.41. The van der Waals surface area contributed by atoms with Crippen molar-refractivity contribution in [3.63, 3.8) is 0 Å². The fourth-order valence-corrected chi connectivity index (χ4v) is 2.50. The van der Waals surface area contributed by atoms with Gasteiger partial charge in [0.15, 0.2) is 0 Å². The number of unbranched alkanes of at least 4 members (excludes halogenated alkanes) is 7. The first-order valence-corrected chi connectivity index (χ1v) is 7.59. The number of anilines is 1. The molecule has 1 N–H and O–H groups in total. The highest BCUT2D eigenvalue weighted by Crippen LogP contribution is 2.15. The minimum Gasteiger partial charge on any atom is -0.377 e. The molecule has 0 spiro atoms. The zero-order valence-corrected chi connectivity index (χ0v) is 11.3. The molecule has 0 aliphatic carbocycles. The zero-order chi connectivity index (χ0) is 11.5. The van der Waals surface area contributed by atoms with Gasteiger partial charge in [-0.2, -0.15) is 0 Å². The minimum absolute atomic E-state index is 1.13. The molecule has 0 bridgehead atoms. The number of thiophene rings is 1. The van der Waals surface area contributed by atoms with Crippen molar-refractivity contribution in [3.8, 4) is 0 Å². The van der Waals surface area contributed by atoms with Gasteiger partial charge in [-0.1, -0.05) is 51.9 Å². The molecule has 0 atom stereocenters. The van der Waals surface area contributed by atoms with E-state index in [9.17, 15) is 0 Å². The number of hydrogen-bond donors (Lipinski definition) is 1. The lowest BCUT2D eigenvalue weighted by Crippen LogP contribution is -1.99. The Kier molecular flexibility index (Phi) is 8.23. The van der Waals surface area contributed by atoms with Crippen molar-refractivity contribution in [1.29, 1.82) is 0 Å². The van der Waals surface area contributed by atoms with E-state index < -0.39 is 0 Å². The SMILES string of the molecule is CCCCCCCCCCNc1cccs1. The average Bonchev–Trinajstić information content (AvgIpc) is 2.80. The average molecular weight is 239 g/mol. The maximum absolute atomic E-state index is 3.45. The van der Waals surface area contributed by atoms with Gasteiger partial charge >= 0.3 is 0 Å². The molecule has 92 valence electrons. The Bertz CT molecular complexity index is 231. The Labute approximate surface area is 104 Å². The van der Waals surface area contributed by atoms with Gasteiger partial charge in [-0.05, 0) is 23.9 Å². The van der Waals surface area contributed by atoms with Crippen LogP contribution in [0.25, 0.3) is 0 Å². The van der Waals surface area contributed by atoms with Crippen LogP contribution < -0.4 is 5.32 Å². The van der Waals surface area contributed by atoms with E-state index in [-0.39, 0.29) is 0 Å². The van der Waals surface area contributed by atoms with Gasteiger partial charge in [0.25, 0.3) is 0 Å². The number of rotatable bonds is 10. The molecule has 0 amide bonds. The van der Waals surface area contributed by atoms with Crippen LogP contribution in [0.4, 0.5) is 5.00 Å². The van der Waals surface area contributed by atoms with Crippen LogP contribution in [0.3, 0.4) is 0 Å². The number of hydrogen-bond acceptors (Lipinski definition) is 2. The van der Waals surface area contributed by atoms with Crippen LogP contribution in [0.15, 0.2) is 17.5 Å². The number of nitrogens with one attached hydrogen (secondary N) is 1. The predicted octanol–water partition coefficient (Wildman–Crippen LogP) is 5.30. The van der Waals surface area contributed by atoms with E-state index in [4.69, 9.17) is 0 Å². The summed E-state index contributed by atoms with van der Waals surface area (Å²) < 4.78 is 0. The lowest BCUT2D eigenvalue weighted by atomic mass is 10.1. The van der Waals surface area contributed by atoms with Gasteiger partial charge in [0.2, 0.25) is 0 Å². The summed E-state index contributed by atoms with van der Waals surface area (Å²) in [6.07, 6.45) is 11.2. The van der Waals surface area contributed by atoms with Gasteiger partial charge in [-0.25, -0.2) is 0 Å². The molecule has 0 radical (unpaired) electrons. The highest BCUT2D eigenvalue weighted by Gasteiger charge is 1.93. The van der Waals surface area contributed by atoms with Gasteiger partial charge in [-0.3, -0.25) is 0 Å². The van der Waals surface area contributed by atoms with Crippen LogP contribution in [-0.2, 0) is 0 Å². The van der Waals surface area contributed by atoms with Crippen LogP contribution in [0, 0.1) is 0 Å².